The minimum absolute atomic E-state index is 0.257. The average Bonchev–Trinajstić information content (AvgIpc) is 2.12. The van der Waals surface area contributed by atoms with Crippen molar-refractivity contribution in [2.24, 2.45) is 0 Å². The van der Waals surface area contributed by atoms with Gasteiger partial charge in [-0.25, -0.2) is 9.37 Å². The summed E-state index contributed by atoms with van der Waals surface area (Å²) in [6.45, 7) is 0. The second-order valence-corrected chi connectivity index (χ2v) is 2.95. The highest BCUT2D eigenvalue weighted by molar-refractivity contribution is 6.34. The van der Waals surface area contributed by atoms with Gasteiger partial charge in [0.15, 0.2) is 11.6 Å². The Morgan fingerprint density at radius 2 is 2.00 bits per heavy atom. The lowest BCUT2D eigenvalue weighted by Gasteiger charge is -2.02. The lowest BCUT2D eigenvalue weighted by atomic mass is 10.1. The topological polar surface area (TPSA) is 33.1 Å². The number of rotatable bonds is 0. The van der Waals surface area contributed by atoms with Gasteiger partial charge in [0.25, 0.3) is 0 Å². The lowest BCUT2D eigenvalue weighted by Crippen LogP contribution is -1.82. The fraction of sp³-hybridized carbons (Fsp3) is 0. The quantitative estimate of drug-likeness (QED) is 0.659. The molecule has 4 heteroatoms. The number of halogens is 2. The summed E-state index contributed by atoms with van der Waals surface area (Å²) < 4.78 is 12.9. The van der Waals surface area contributed by atoms with Crippen molar-refractivity contribution in [1.29, 1.82) is 0 Å². The van der Waals surface area contributed by atoms with E-state index in [0.29, 0.717) is 10.8 Å². The summed E-state index contributed by atoms with van der Waals surface area (Å²) in [6, 6.07) is 4.16. The molecule has 0 amide bonds. The van der Waals surface area contributed by atoms with E-state index in [-0.39, 0.29) is 10.9 Å². The maximum Gasteiger partial charge on any atom is 0.165 e. The Kier molecular flexibility index (Phi) is 1.81. The number of nitrogens with zero attached hydrogens (tertiary/aromatic N) is 1. The number of hydrogen-bond acceptors (Lipinski definition) is 2. The molecule has 0 saturated heterocycles. The zero-order valence-electron chi connectivity index (χ0n) is 6.46. The van der Waals surface area contributed by atoms with Crippen LogP contribution in [0.4, 0.5) is 4.39 Å². The van der Waals surface area contributed by atoms with Crippen LogP contribution in [0.15, 0.2) is 24.4 Å². The van der Waals surface area contributed by atoms with Crippen LogP contribution < -0.4 is 0 Å². The molecule has 1 heterocycles. The highest BCUT2D eigenvalue weighted by Gasteiger charge is 2.07. The van der Waals surface area contributed by atoms with Gasteiger partial charge >= 0.3 is 0 Å². The zero-order chi connectivity index (χ0) is 9.42. The van der Waals surface area contributed by atoms with Gasteiger partial charge in [-0.3, -0.25) is 0 Å². The molecule has 2 aromatic rings. The third-order valence-corrected chi connectivity index (χ3v) is 2.12. The minimum Gasteiger partial charge on any atom is -0.504 e. The fourth-order valence-electron chi connectivity index (χ4n) is 1.18. The number of phenols is 1. The molecular weight excluding hydrogens is 193 g/mol. The molecule has 2 nitrogen and oxygen atoms in total. The van der Waals surface area contributed by atoms with Gasteiger partial charge < -0.3 is 5.11 Å². The maximum absolute atomic E-state index is 12.9. The van der Waals surface area contributed by atoms with E-state index in [1.807, 2.05) is 0 Å². The van der Waals surface area contributed by atoms with Crippen LogP contribution >= 0.6 is 11.6 Å². The van der Waals surface area contributed by atoms with Crippen molar-refractivity contribution in [1.82, 2.24) is 4.98 Å². The molecule has 0 radical (unpaired) electrons. The summed E-state index contributed by atoms with van der Waals surface area (Å²) in [5, 5.41) is 10.5. The van der Waals surface area contributed by atoms with Gasteiger partial charge in [-0.15, -0.1) is 0 Å². The third-order valence-electron chi connectivity index (χ3n) is 1.82. The third kappa shape index (κ3) is 1.21. The lowest BCUT2D eigenvalue weighted by molar-refractivity contribution is 0.439. The van der Waals surface area contributed by atoms with Crippen LogP contribution in [0.1, 0.15) is 0 Å². The molecule has 0 aliphatic rings. The molecule has 0 aliphatic heterocycles. The van der Waals surface area contributed by atoms with Gasteiger partial charge in [-0.1, -0.05) is 11.6 Å². The fourth-order valence-corrected chi connectivity index (χ4v) is 1.40. The van der Waals surface area contributed by atoms with Crippen molar-refractivity contribution in [2.75, 3.05) is 0 Å². The predicted molar refractivity (Wildman–Crippen MR) is 48.4 cm³/mol. The van der Waals surface area contributed by atoms with E-state index in [0.717, 1.165) is 6.07 Å². The summed E-state index contributed by atoms with van der Waals surface area (Å²) >= 11 is 5.74. The van der Waals surface area contributed by atoms with Gasteiger partial charge in [0.05, 0.1) is 0 Å². The summed E-state index contributed by atoms with van der Waals surface area (Å²) in [7, 11) is 0. The van der Waals surface area contributed by atoms with Crippen LogP contribution in [0.5, 0.6) is 5.75 Å². The molecule has 2 rings (SSSR count). The summed E-state index contributed by atoms with van der Waals surface area (Å²) in [5.41, 5.74) is 0. The summed E-state index contributed by atoms with van der Waals surface area (Å²) in [5.74, 6) is -1.04. The first-order valence-corrected chi connectivity index (χ1v) is 3.99. The van der Waals surface area contributed by atoms with Crippen LogP contribution in [0.2, 0.25) is 5.15 Å². The van der Waals surface area contributed by atoms with E-state index in [4.69, 9.17) is 11.6 Å². The molecule has 1 aromatic carbocycles. The van der Waals surface area contributed by atoms with Crippen LogP contribution in [0, 0.1) is 5.82 Å². The van der Waals surface area contributed by atoms with Gasteiger partial charge in [-0.05, 0) is 18.2 Å². The van der Waals surface area contributed by atoms with Crippen molar-refractivity contribution in [2.45, 2.75) is 0 Å². The summed E-state index contributed by atoms with van der Waals surface area (Å²) in [4.78, 5) is 3.81. The maximum atomic E-state index is 12.9. The van der Waals surface area contributed by atoms with E-state index in [2.05, 4.69) is 4.98 Å². The van der Waals surface area contributed by atoms with Crippen LogP contribution in [0.25, 0.3) is 10.8 Å². The first-order chi connectivity index (χ1) is 6.20. The van der Waals surface area contributed by atoms with E-state index in [1.165, 1.54) is 18.3 Å². The Morgan fingerprint density at radius 3 is 2.77 bits per heavy atom. The smallest absolute Gasteiger partial charge is 0.165 e. The molecule has 0 saturated carbocycles. The molecule has 0 bridgehead atoms. The van der Waals surface area contributed by atoms with Crippen LogP contribution in [-0.2, 0) is 0 Å². The molecule has 0 atom stereocenters. The largest absolute Gasteiger partial charge is 0.504 e. The SMILES string of the molecule is Oc1c(F)ccc2c(Cl)nccc12. The Hall–Kier alpha value is -1.35. The molecule has 66 valence electrons. The Bertz CT molecular complexity index is 472. The monoisotopic (exact) mass is 197 g/mol. The van der Waals surface area contributed by atoms with Gasteiger partial charge in [0.1, 0.15) is 5.15 Å². The van der Waals surface area contributed by atoms with Gasteiger partial charge in [0, 0.05) is 17.0 Å². The number of benzene rings is 1. The molecule has 13 heavy (non-hydrogen) atoms. The van der Waals surface area contributed by atoms with Crippen molar-refractivity contribution >= 4 is 22.4 Å². The molecule has 1 N–H and O–H groups in total. The van der Waals surface area contributed by atoms with Crippen LogP contribution in [0.3, 0.4) is 0 Å². The highest BCUT2D eigenvalue weighted by Crippen LogP contribution is 2.30. The van der Waals surface area contributed by atoms with E-state index in [9.17, 15) is 9.50 Å². The second kappa shape index (κ2) is 2.85. The first kappa shape index (κ1) is 8.26. The van der Waals surface area contributed by atoms with E-state index < -0.39 is 5.82 Å². The molecule has 0 aliphatic carbocycles. The number of aromatic hydroxyl groups is 1. The average molecular weight is 198 g/mol. The number of fused-ring (bicyclic) bond motifs is 1. The molecule has 0 spiro atoms. The van der Waals surface area contributed by atoms with E-state index >= 15 is 0 Å². The van der Waals surface area contributed by atoms with Gasteiger partial charge in [-0.2, -0.15) is 0 Å². The standard InChI is InChI=1S/C9H5ClFNO/c10-9-6-1-2-7(11)8(13)5(6)3-4-12-9/h1-4,13H. The Labute approximate surface area is 78.6 Å². The first-order valence-electron chi connectivity index (χ1n) is 3.62. The molecular formula is C9H5ClFNO. The van der Waals surface area contributed by atoms with Crippen molar-refractivity contribution in [3.8, 4) is 5.75 Å². The Morgan fingerprint density at radius 1 is 1.23 bits per heavy atom. The number of phenolic OH excluding ortho intramolecular Hbond substituents is 1. The number of hydrogen-bond donors (Lipinski definition) is 1. The highest BCUT2D eigenvalue weighted by atomic mass is 35.5. The molecule has 1 aromatic heterocycles. The van der Waals surface area contributed by atoms with Crippen molar-refractivity contribution in [3.63, 3.8) is 0 Å². The van der Waals surface area contributed by atoms with Crippen LogP contribution in [-0.4, -0.2) is 10.1 Å². The predicted octanol–water partition coefficient (Wildman–Crippen LogP) is 2.73. The summed E-state index contributed by atoms with van der Waals surface area (Å²) in [6.07, 6.45) is 1.42. The second-order valence-electron chi connectivity index (χ2n) is 2.59. The molecule has 0 fully saturated rings. The van der Waals surface area contributed by atoms with Crippen molar-refractivity contribution < 1.29 is 9.50 Å². The zero-order valence-corrected chi connectivity index (χ0v) is 7.22. The van der Waals surface area contributed by atoms with Crippen molar-refractivity contribution in [3.05, 3.63) is 35.4 Å². The number of aromatic nitrogens is 1. The molecule has 0 unspecified atom stereocenters. The Balaban J connectivity index is 2.94. The normalized spacial score (nSPS) is 10.6. The van der Waals surface area contributed by atoms with Gasteiger partial charge in [0.2, 0.25) is 0 Å². The number of pyridine rings is 1. The minimum atomic E-state index is -0.658. The van der Waals surface area contributed by atoms with E-state index in [1.54, 1.807) is 0 Å².